The minimum Gasteiger partial charge on any atom is -0.445 e. The summed E-state index contributed by atoms with van der Waals surface area (Å²) < 4.78 is 18.7. The van der Waals surface area contributed by atoms with E-state index in [1.165, 1.54) is 5.56 Å². The summed E-state index contributed by atoms with van der Waals surface area (Å²) in [5.41, 5.74) is 3.93. The fourth-order valence-corrected chi connectivity index (χ4v) is 6.33. The Balaban J connectivity index is 1.20. The normalized spacial score (nSPS) is 14.1. The molecule has 1 aliphatic heterocycles. The summed E-state index contributed by atoms with van der Waals surface area (Å²) in [5.74, 6) is 0.00470. The number of benzene rings is 4. The Labute approximate surface area is 265 Å². The van der Waals surface area contributed by atoms with E-state index in [-0.39, 0.29) is 24.9 Å². The van der Waals surface area contributed by atoms with Crippen molar-refractivity contribution in [3.05, 3.63) is 143 Å². The number of hydrogen-bond acceptors (Lipinski definition) is 4. The van der Waals surface area contributed by atoms with E-state index in [1.807, 2.05) is 78.9 Å². The molecule has 7 heteroatoms. The van der Waals surface area contributed by atoms with E-state index >= 15 is 0 Å². The van der Waals surface area contributed by atoms with Crippen LogP contribution in [-0.4, -0.2) is 49.6 Å². The van der Waals surface area contributed by atoms with E-state index in [0.717, 1.165) is 62.0 Å². The minimum absolute atomic E-state index is 0.142. The van der Waals surface area contributed by atoms with Crippen molar-refractivity contribution >= 4 is 12.0 Å². The Morgan fingerprint density at radius 2 is 1.36 bits per heavy atom. The fraction of sp³-hybridized carbons (Fsp3) is 0.316. The summed E-state index contributed by atoms with van der Waals surface area (Å²) in [6.45, 7) is 3.34. The van der Waals surface area contributed by atoms with E-state index in [1.54, 1.807) is 12.1 Å². The summed E-state index contributed by atoms with van der Waals surface area (Å²) in [6.07, 6.45) is 3.28. The largest absolute Gasteiger partial charge is 0.445 e. The van der Waals surface area contributed by atoms with Crippen molar-refractivity contribution in [3.8, 4) is 0 Å². The fourth-order valence-electron chi connectivity index (χ4n) is 6.33. The molecule has 45 heavy (non-hydrogen) atoms. The first-order valence-electron chi connectivity index (χ1n) is 15.8. The van der Waals surface area contributed by atoms with Gasteiger partial charge in [-0.15, -0.1) is 0 Å². The zero-order valence-electron chi connectivity index (χ0n) is 25.7. The van der Waals surface area contributed by atoms with Crippen molar-refractivity contribution in [1.82, 2.24) is 15.5 Å². The predicted molar refractivity (Wildman–Crippen MR) is 175 cm³/mol. The van der Waals surface area contributed by atoms with Crippen LogP contribution in [0.25, 0.3) is 0 Å². The van der Waals surface area contributed by atoms with Crippen molar-refractivity contribution in [2.45, 2.75) is 43.6 Å². The monoisotopic (exact) mass is 607 g/mol. The number of halogens is 1. The van der Waals surface area contributed by atoms with Crippen LogP contribution in [0.1, 0.15) is 53.9 Å². The maximum absolute atomic E-state index is 13.4. The summed E-state index contributed by atoms with van der Waals surface area (Å²) in [7, 11) is 0. The van der Waals surface area contributed by atoms with E-state index in [2.05, 4.69) is 39.8 Å². The topological polar surface area (TPSA) is 70.7 Å². The van der Waals surface area contributed by atoms with Gasteiger partial charge in [0.2, 0.25) is 5.91 Å². The van der Waals surface area contributed by atoms with Crippen molar-refractivity contribution in [2.24, 2.45) is 0 Å². The molecule has 0 unspecified atom stereocenters. The van der Waals surface area contributed by atoms with Crippen molar-refractivity contribution in [1.29, 1.82) is 0 Å². The van der Waals surface area contributed by atoms with Crippen LogP contribution in [0.3, 0.4) is 0 Å². The van der Waals surface area contributed by atoms with Gasteiger partial charge < -0.3 is 20.3 Å². The van der Waals surface area contributed by atoms with Gasteiger partial charge in [-0.05, 0) is 85.6 Å². The number of carbonyl (C=O) groups excluding carboxylic acids is 2. The molecule has 0 radical (unpaired) electrons. The molecule has 234 valence electrons. The molecule has 0 bridgehead atoms. The lowest BCUT2D eigenvalue weighted by molar-refractivity contribution is -0.120. The Bertz CT molecular complexity index is 1440. The van der Waals surface area contributed by atoms with Crippen LogP contribution in [0.15, 0.2) is 115 Å². The lowest BCUT2D eigenvalue weighted by Crippen LogP contribution is -2.45. The number of likely N-dealkylation sites (tertiary alicyclic amines) is 1. The van der Waals surface area contributed by atoms with Crippen LogP contribution in [-0.2, 0) is 21.6 Å². The molecule has 2 N–H and O–H groups in total. The van der Waals surface area contributed by atoms with Gasteiger partial charge >= 0.3 is 6.09 Å². The number of nitrogens with one attached hydrogen (secondary N) is 2. The van der Waals surface area contributed by atoms with Crippen molar-refractivity contribution < 1.29 is 18.7 Å². The van der Waals surface area contributed by atoms with Gasteiger partial charge in [-0.3, -0.25) is 4.79 Å². The van der Waals surface area contributed by atoms with Crippen LogP contribution in [0.5, 0.6) is 0 Å². The zero-order chi connectivity index (χ0) is 31.3. The number of amides is 2. The van der Waals surface area contributed by atoms with Gasteiger partial charge in [-0.25, -0.2) is 9.18 Å². The van der Waals surface area contributed by atoms with Crippen LogP contribution in [0, 0.1) is 5.82 Å². The molecule has 6 nitrogen and oxygen atoms in total. The molecule has 0 saturated carbocycles. The first-order chi connectivity index (χ1) is 22.0. The zero-order valence-corrected chi connectivity index (χ0v) is 25.7. The second-order valence-electron chi connectivity index (χ2n) is 11.8. The second kappa shape index (κ2) is 16.0. The molecule has 0 aliphatic carbocycles. The molecule has 0 atom stereocenters. The highest BCUT2D eigenvalue weighted by Crippen LogP contribution is 2.37. The average Bonchev–Trinajstić information content (AvgIpc) is 3.10. The third-order valence-corrected chi connectivity index (χ3v) is 8.85. The third kappa shape index (κ3) is 9.02. The van der Waals surface area contributed by atoms with E-state index < -0.39 is 11.5 Å². The molecule has 5 rings (SSSR count). The standard InChI is InChI=1S/C38H42FN3O3/c39-35-19-17-31(18-20-35)32-21-25-42(26-22-32)24-10-23-38(33-13-6-2-7-14-33,34-15-8-3-9-16-34)29-41-36(43)27-40-37(44)45-28-30-11-4-1-5-12-30/h1-9,11-20,32H,10,21-29H2,(H,40,44)(H,41,43). The Hall–Kier alpha value is -4.49. The molecular weight excluding hydrogens is 565 g/mol. The number of piperidine rings is 1. The quantitative estimate of drug-likeness (QED) is 0.175. The molecule has 1 fully saturated rings. The maximum Gasteiger partial charge on any atom is 0.407 e. The smallest absolute Gasteiger partial charge is 0.407 e. The van der Waals surface area contributed by atoms with Gasteiger partial charge in [0.15, 0.2) is 0 Å². The first-order valence-corrected chi connectivity index (χ1v) is 15.8. The summed E-state index contributed by atoms with van der Waals surface area (Å²) in [4.78, 5) is 27.8. The third-order valence-electron chi connectivity index (χ3n) is 8.85. The lowest BCUT2D eigenvalue weighted by Gasteiger charge is -2.37. The SMILES string of the molecule is O=C(CNC(=O)OCc1ccccc1)NCC(CCCN1CCC(c2ccc(F)cc2)CC1)(c1ccccc1)c1ccccc1. The Morgan fingerprint density at radius 3 is 1.96 bits per heavy atom. The van der Waals surface area contributed by atoms with Crippen LogP contribution in [0.2, 0.25) is 0 Å². The molecular formula is C38H42FN3O3. The minimum atomic E-state index is -0.630. The molecule has 1 heterocycles. The molecule has 1 saturated heterocycles. The molecule has 4 aromatic rings. The molecule has 4 aromatic carbocycles. The molecule has 1 aliphatic rings. The van der Waals surface area contributed by atoms with Crippen LogP contribution >= 0.6 is 0 Å². The summed E-state index contributed by atoms with van der Waals surface area (Å²) in [5, 5.41) is 5.69. The predicted octanol–water partition coefficient (Wildman–Crippen LogP) is 6.81. The number of hydrogen-bond donors (Lipinski definition) is 2. The van der Waals surface area contributed by atoms with Gasteiger partial charge in [-0.2, -0.15) is 0 Å². The number of carbonyl (C=O) groups is 2. The van der Waals surface area contributed by atoms with Crippen molar-refractivity contribution in [2.75, 3.05) is 32.7 Å². The van der Waals surface area contributed by atoms with Gasteiger partial charge in [-0.1, -0.05) is 103 Å². The number of alkyl carbamates (subject to hydrolysis) is 1. The highest BCUT2D eigenvalue weighted by molar-refractivity contribution is 5.82. The average molecular weight is 608 g/mol. The Kier molecular flexibility index (Phi) is 11.4. The number of ether oxygens (including phenoxy) is 1. The highest BCUT2D eigenvalue weighted by Gasteiger charge is 2.34. The molecule has 0 aromatic heterocycles. The second-order valence-corrected chi connectivity index (χ2v) is 11.8. The van der Waals surface area contributed by atoms with Gasteiger partial charge in [0.25, 0.3) is 0 Å². The van der Waals surface area contributed by atoms with E-state index in [9.17, 15) is 14.0 Å². The van der Waals surface area contributed by atoms with Crippen LogP contribution in [0.4, 0.5) is 9.18 Å². The first kappa shape index (κ1) is 31.9. The van der Waals surface area contributed by atoms with E-state index in [0.29, 0.717) is 12.5 Å². The van der Waals surface area contributed by atoms with Gasteiger partial charge in [0.1, 0.15) is 12.4 Å². The van der Waals surface area contributed by atoms with Crippen molar-refractivity contribution in [3.63, 3.8) is 0 Å². The number of rotatable bonds is 13. The maximum atomic E-state index is 13.4. The molecule has 2 amide bonds. The Morgan fingerprint density at radius 1 is 0.778 bits per heavy atom. The van der Waals surface area contributed by atoms with E-state index in [4.69, 9.17) is 4.74 Å². The van der Waals surface area contributed by atoms with Crippen LogP contribution < -0.4 is 10.6 Å². The summed E-state index contributed by atoms with van der Waals surface area (Å²) >= 11 is 0. The molecule has 0 spiro atoms. The van der Waals surface area contributed by atoms with Gasteiger partial charge in [0, 0.05) is 12.0 Å². The van der Waals surface area contributed by atoms with Gasteiger partial charge in [0.05, 0.1) is 6.54 Å². The number of nitrogens with zero attached hydrogens (tertiary/aromatic N) is 1. The highest BCUT2D eigenvalue weighted by atomic mass is 19.1. The lowest BCUT2D eigenvalue weighted by atomic mass is 9.71. The summed E-state index contributed by atoms with van der Waals surface area (Å²) in [6, 6.07) is 37.1.